The number of nitrogens with one attached hydrogen (secondary N) is 3. The normalized spacial score (nSPS) is 11.5. The molecule has 0 unspecified atom stereocenters. The van der Waals surface area contributed by atoms with Gasteiger partial charge < -0.3 is 45.1 Å². The van der Waals surface area contributed by atoms with E-state index in [0.29, 0.717) is 32.8 Å². The molecule has 0 rings (SSSR count). The Balaban J connectivity index is 3.68. The zero-order valence-electron chi connectivity index (χ0n) is 29.4. The lowest BCUT2D eigenvalue weighted by molar-refractivity contribution is -0.142. The first-order valence-electron chi connectivity index (χ1n) is 17.7. The Kier molecular flexibility index (Phi) is 31.2. The number of carboxylic acids is 2. The second-order valence-corrected chi connectivity index (χ2v) is 11.9. The van der Waals surface area contributed by atoms with Crippen molar-refractivity contribution in [3.05, 3.63) is 0 Å². The topological polar surface area (TPSA) is 216 Å². The zero-order valence-corrected chi connectivity index (χ0v) is 29.4. The van der Waals surface area contributed by atoms with Gasteiger partial charge in [0.2, 0.25) is 17.7 Å². The Hall–Kier alpha value is -3.14. The summed E-state index contributed by atoms with van der Waals surface area (Å²) in [6.07, 6.45) is 12.8. The number of carboxylic acid groups (broad SMARTS) is 2. The van der Waals surface area contributed by atoms with Gasteiger partial charge in [-0.1, -0.05) is 64.2 Å². The molecule has 0 saturated heterocycles. The van der Waals surface area contributed by atoms with Crippen LogP contribution < -0.4 is 16.0 Å². The monoisotopic (exact) mass is 703 g/mol. The van der Waals surface area contributed by atoms with Gasteiger partial charge in [-0.15, -0.1) is 0 Å². The van der Waals surface area contributed by atoms with Crippen LogP contribution >= 0.6 is 0 Å². The number of rotatable bonds is 36. The van der Waals surface area contributed by atoms with Crippen molar-refractivity contribution in [2.45, 2.75) is 116 Å². The number of carbonyl (C=O) groups is 6. The number of unbranched alkanes of at least 4 members (excludes halogenated alkanes) is 11. The molecule has 49 heavy (non-hydrogen) atoms. The van der Waals surface area contributed by atoms with Gasteiger partial charge in [0.15, 0.2) is 5.78 Å². The molecule has 5 N–H and O–H groups in total. The molecule has 0 aliphatic carbocycles. The minimum atomic E-state index is -1.18. The van der Waals surface area contributed by atoms with Gasteiger partial charge in [0.1, 0.15) is 19.3 Å². The van der Waals surface area contributed by atoms with E-state index in [0.717, 1.165) is 51.4 Å². The highest BCUT2D eigenvalue weighted by Gasteiger charge is 2.20. The average molecular weight is 704 g/mol. The highest BCUT2D eigenvalue weighted by molar-refractivity contribution is 5.84. The van der Waals surface area contributed by atoms with Gasteiger partial charge in [-0.2, -0.15) is 0 Å². The maximum Gasteiger partial charge on any atom is 0.326 e. The summed E-state index contributed by atoms with van der Waals surface area (Å²) in [4.78, 5) is 68.9. The lowest BCUT2D eigenvalue weighted by Crippen LogP contribution is -2.41. The molecule has 15 nitrogen and oxygen atoms in total. The Morgan fingerprint density at radius 3 is 1.45 bits per heavy atom. The van der Waals surface area contributed by atoms with Gasteiger partial charge in [-0.05, 0) is 26.2 Å². The van der Waals surface area contributed by atoms with E-state index in [1.165, 1.54) is 26.2 Å². The fourth-order valence-electron chi connectivity index (χ4n) is 4.61. The second kappa shape index (κ2) is 33.4. The van der Waals surface area contributed by atoms with Crippen molar-refractivity contribution in [1.29, 1.82) is 0 Å². The van der Waals surface area contributed by atoms with Crippen LogP contribution in [-0.4, -0.2) is 118 Å². The fourth-order valence-corrected chi connectivity index (χ4v) is 4.61. The van der Waals surface area contributed by atoms with Crippen molar-refractivity contribution in [3.8, 4) is 0 Å². The first-order chi connectivity index (χ1) is 23.6. The van der Waals surface area contributed by atoms with Crippen molar-refractivity contribution >= 4 is 35.4 Å². The highest BCUT2D eigenvalue weighted by Crippen LogP contribution is 2.13. The van der Waals surface area contributed by atoms with Gasteiger partial charge in [0, 0.05) is 32.4 Å². The summed E-state index contributed by atoms with van der Waals surface area (Å²) in [5.41, 5.74) is 0. The highest BCUT2D eigenvalue weighted by atomic mass is 16.5. The van der Waals surface area contributed by atoms with Crippen molar-refractivity contribution in [3.63, 3.8) is 0 Å². The quantitative estimate of drug-likeness (QED) is 0.0596. The summed E-state index contributed by atoms with van der Waals surface area (Å²) in [6, 6.07) is -1.13. The summed E-state index contributed by atoms with van der Waals surface area (Å²) in [7, 11) is 0. The number of carbonyl (C=O) groups excluding carboxylic acids is 4. The predicted octanol–water partition coefficient (Wildman–Crippen LogP) is 2.77. The largest absolute Gasteiger partial charge is 0.481 e. The van der Waals surface area contributed by atoms with Crippen LogP contribution in [0.4, 0.5) is 0 Å². The molecule has 1 atom stereocenters. The lowest BCUT2D eigenvalue weighted by atomic mass is 10.0. The van der Waals surface area contributed by atoms with Crippen molar-refractivity contribution < 1.29 is 57.9 Å². The van der Waals surface area contributed by atoms with Crippen molar-refractivity contribution in [2.24, 2.45) is 0 Å². The number of Topliss-reactive ketones (excluding diaryl/α,β-unsaturated/α-hetero) is 1. The standard InChI is InChI=1S/C34H61N3O12/c1-28(38)26-48-24-22-47-21-19-36-32(41)27-49-25-23-46-20-18-35-30(39)17-16-29(34(44)45)37-31(40)14-12-10-8-6-4-2-3-5-7-9-11-13-15-33(42)43/h29H,2-27H2,1H3,(H,35,39)(H,36,41)(H,37,40)(H,42,43)(H,44,45)/t29-/m0/s1. The number of hydrogen-bond acceptors (Lipinski definition) is 10. The van der Waals surface area contributed by atoms with E-state index in [2.05, 4.69) is 16.0 Å². The third-order valence-corrected chi connectivity index (χ3v) is 7.26. The number of ketones is 1. The molecular formula is C34H61N3O12. The second-order valence-electron chi connectivity index (χ2n) is 11.9. The van der Waals surface area contributed by atoms with Gasteiger partial charge >= 0.3 is 11.9 Å². The van der Waals surface area contributed by atoms with Crippen LogP contribution in [-0.2, 0) is 47.7 Å². The predicted molar refractivity (Wildman–Crippen MR) is 181 cm³/mol. The fraction of sp³-hybridized carbons (Fsp3) is 0.824. The minimum absolute atomic E-state index is 0.0202. The van der Waals surface area contributed by atoms with Crippen LogP contribution in [0.2, 0.25) is 0 Å². The molecule has 0 aliphatic rings. The van der Waals surface area contributed by atoms with Crippen LogP contribution in [0.15, 0.2) is 0 Å². The van der Waals surface area contributed by atoms with Gasteiger partial charge in [0.05, 0.1) is 39.6 Å². The van der Waals surface area contributed by atoms with Crippen LogP contribution in [0.1, 0.15) is 110 Å². The molecule has 0 bridgehead atoms. The summed E-state index contributed by atoms with van der Waals surface area (Å²) in [6.45, 7) is 3.45. The summed E-state index contributed by atoms with van der Waals surface area (Å²) >= 11 is 0. The summed E-state index contributed by atoms with van der Waals surface area (Å²) < 4.78 is 20.9. The maximum atomic E-state index is 12.2. The molecular weight excluding hydrogens is 642 g/mol. The van der Waals surface area contributed by atoms with Crippen LogP contribution in [0.5, 0.6) is 0 Å². The SMILES string of the molecule is CC(=O)COCCOCCNC(=O)COCCOCCNC(=O)CC[C@H](NC(=O)CCCCCCCCCCCCCCC(=O)O)C(=O)O. The third kappa shape index (κ3) is 34.5. The first-order valence-corrected chi connectivity index (χ1v) is 17.7. The molecule has 284 valence electrons. The lowest BCUT2D eigenvalue weighted by Gasteiger charge is -2.14. The molecule has 0 aromatic heterocycles. The Morgan fingerprint density at radius 2 is 0.959 bits per heavy atom. The molecule has 0 spiro atoms. The number of aliphatic carboxylic acids is 2. The molecule has 0 aromatic rings. The number of amides is 3. The molecule has 0 fully saturated rings. The average Bonchev–Trinajstić information content (AvgIpc) is 3.05. The minimum Gasteiger partial charge on any atom is -0.481 e. The summed E-state index contributed by atoms with van der Waals surface area (Å²) in [5.74, 6) is -2.94. The van der Waals surface area contributed by atoms with Crippen molar-refractivity contribution in [1.82, 2.24) is 16.0 Å². The zero-order chi connectivity index (χ0) is 36.4. The van der Waals surface area contributed by atoms with E-state index in [9.17, 15) is 33.9 Å². The van der Waals surface area contributed by atoms with E-state index >= 15 is 0 Å². The van der Waals surface area contributed by atoms with Crippen molar-refractivity contribution in [2.75, 3.05) is 65.9 Å². The molecule has 3 amide bonds. The number of ether oxygens (including phenoxy) is 4. The molecule has 0 saturated carbocycles. The van der Waals surface area contributed by atoms with Gasteiger partial charge in [-0.25, -0.2) is 4.79 Å². The first kappa shape index (κ1) is 45.9. The third-order valence-electron chi connectivity index (χ3n) is 7.26. The Labute approximate surface area is 290 Å². The van der Waals surface area contributed by atoms with Crippen LogP contribution in [0, 0.1) is 0 Å². The van der Waals surface area contributed by atoms with E-state index in [4.69, 9.17) is 24.1 Å². The van der Waals surface area contributed by atoms with Crippen LogP contribution in [0.25, 0.3) is 0 Å². The maximum absolute atomic E-state index is 12.2. The smallest absolute Gasteiger partial charge is 0.326 e. The van der Waals surface area contributed by atoms with Gasteiger partial charge in [-0.3, -0.25) is 24.0 Å². The Morgan fingerprint density at radius 1 is 0.510 bits per heavy atom. The molecule has 0 aliphatic heterocycles. The van der Waals surface area contributed by atoms with E-state index < -0.39 is 18.0 Å². The Bertz CT molecular complexity index is 919. The molecule has 0 heterocycles. The number of hydrogen-bond donors (Lipinski definition) is 5. The van der Waals surface area contributed by atoms with E-state index in [1.54, 1.807) is 0 Å². The van der Waals surface area contributed by atoms with Crippen LogP contribution in [0.3, 0.4) is 0 Å². The molecule has 15 heteroatoms. The van der Waals surface area contributed by atoms with E-state index in [1.807, 2.05) is 0 Å². The van der Waals surface area contributed by atoms with E-state index in [-0.39, 0.29) is 88.8 Å². The molecule has 0 radical (unpaired) electrons. The summed E-state index contributed by atoms with van der Waals surface area (Å²) in [5, 5.41) is 25.9. The molecule has 0 aromatic carbocycles. The van der Waals surface area contributed by atoms with Gasteiger partial charge in [0.25, 0.3) is 0 Å².